The third-order valence-corrected chi connectivity index (χ3v) is 3.96. The predicted octanol–water partition coefficient (Wildman–Crippen LogP) is 2.26. The molecular weight excluding hydrogens is 252 g/mol. The fraction of sp³-hybridized carbons (Fsp3) is 0.562. The Balaban J connectivity index is 2.00. The van der Waals surface area contributed by atoms with Crippen LogP contribution in [0.15, 0.2) is 24.3 Å². The summed E-state index contributed by atoms with van der Waals surface area (Å²) in [6.45, 7) is 5.05. The van der Waals surface area contributed by atoms with E-state index in [1.54, 1.807) is 7.11 Å². The molecule has 0 aromatic heterocycles. The number of carbonyl (C=O) groups is 1. The average Bonchev–Trinajstić information content (AvgIpc) is 2.47. The van der Waals surface area contributed by atoms with Gasteiger partial charge in [0.15, 0.2) is 0 Å². The second-order valence-corrected chi connectivity index (χ2v) is 5.55. The molecule has 2 rings (SSSR count). The molecule has 1 aliphatic rings. The lowest BCUT2D eigenvalue weighted by Crippen LogP contribution is -2.43. The van der Waals surface area contributed by atoms with Crippen molar-refractivity contribution in [1.29, 1.82) is 0 Å². The van der Waals surface area contributed by atoms with Crippen molar-refractivity contribution in [2.75, 3.05) is 13.7 Å². The van der Waals surface area contributed by atoms with Gasteiger partial charge in [0.2, 0.25) is 5.91 Å². The molecule has 1 aromatic rings. The number of para-hydroxylation sites is 1. The molecular formula is C16H24N2O2. The van der Waals surface area contributed by atoms with E-state index in [0.717, 1.165) is 30.7 Å². The third-order valence-electron chi connectivity index (χ3n) is 3.96. The molecule has 20 heavy (non-hydrogen) atoms. The standard InChI is InChI=1S/C16H24N2O2/c1-11-10-13(8-9-17-11)16(19)18-12(2)14-6-4-5-7-15(14)20-3/h4-7,11-13,17H,8-10H2,1-3H3,(H,18,19)/t11?,12-,13?/m0/s1. The number of nitrogens with one attached hydrogen (secondary N) is 2. The first-order valence-electron chi connectivity index (χ1n) is 7.28. The number of ether oxygens (including phenoxy) is 1. The summed E-state index contributed by atoms with van der Waals surface area (Å²) in [5.74, 6) is 1.08. The molecule has 0 bridgehead atoms. The van der Waals surface area contributed by atoms with E-state index in [1.807, 2.05) is 31.2 Å². The SMILES string of the molecule is COc1ccccc1[C@H](C)NC(=O)C1CCNC(C)C1. The maximum absolute atomic E-state index is 12.3. The van der Waals surface area contributed by atoms with Crippen molar-refractivity contribution in [1.82, 2.24) is 10.6 Å². The van der Waals surface area contributed by atoms with Gasteiger partial charge < -0.3 is 15.4 Å². The highest BCUT2D eigenvalue weighted by Gasteiger charge is 2.26. The summed E-state index contributed by atoms with van der Waals surface area (Å²) in [5.41, 5.74) is 1.02. The van der Waals surface area contributed by atoms with Crippen molar-refractivity contribution in [2.24, 2.45) is 5.92 Å². The molecule has 0 radical (unpaired) electrons. The summed E-state index contributed by atoms with van der Waals surface area (Å²) in [4.78, 5) is 12.3. The van der Waals surface area contributed by atoms with Crippen molar-refractivity contribution in [3.8, 4) is 5.75 Å². The molecule has 1 aromatic carbocycles. The van der Waals surface area contributed by atoms with E-state index in [4.69, 9.17) is 4.74 Å². The van der Waals surface area contributed by atoms with Gasteiger partial charge >= 0.3 is 0 Å². The molecule has 110 valence electrons. The molecule has 4 heteroatoms. The van der Waals surface area contributed by atoms with E-state index in [0.29, 0.717) is 6.04 Å². The molecule has 2 N–H and O–H groups in total. The molecule has 1 aliphatic heterocycles. The monoisotopic (exact) mass is 276 g/mol. The van der Waals surface area contributed by atoms with Crippen LogP contribution >= 0.6 is 0 Å². The van der Waals surface area contributed by atoms with Gasteiger partial charge in [-0.25, -0.2) is 0 Å². The fourth-order valence-corrected chi connectivity index (χ4v) is 2.80. The highest BCUT2D eigenvalue weighted by molar-refractivity contribution is 5.79. The van der Waals surface area contributed by atoms with E-state index in [9.17, 15) is 4.79 Å². The molecule has 2 unspecified atom stereocenters. The lowest BCUT2D eigenvalue weighted by atomic mass is 9.92. The first kappa shape index (κ1) is 14.9. The van der Waals surface area contributed by atoms with Gasteiger partial charge in [-0.05, 0) is 39.3 Å². The smallest absolute Gasteiger partial charge is 0.223 e. The summed E-state index contributed by atoms with van der Waals surface area (Å²) >= 11 is 0. The number of benzene rings is 1. The normalized spacial score (nSPS) is 23.9. The van der Waals surface area contributed by atoms with Crippen LogP contribution in [0.3, 0.4) is 0 Å². The van der Waals surface area contributed by atoms with Gasteiger partial charge in [0.05, 0.1) is 13.2 Å². The highest BCUT2D eigenvalue weighted by atomic mass is 16.5. The Morgan fingerprint density at radius 2 is 2.20 bits per heavy atom. The molecule has 3 atom stereocenters. The highest BCUT2D eigenvalue weighted by Crippen LogP contribution is 2.25. The third kappa shape index (κ3) is 3.51. The van der Waals surface area contributed by atoms with E-state index < -0.39 is 0 Å². The first-order valence-corrected chi connectivity index (χ1v) is 7.28. The van der Waals surface area contributed by atoms with E-state index in [2.05, 4.69) is 17.6 Å². The number of hydrogen-bond acceptors (Lipinski definition) is 3. The summed E-state index contributed by atoms with van der Waals surface area (Å²) in [5, 5.41) is 6.48. The average molecular weight is 276 g/mol. The Kier molecular flexibility index (Phi) is 5.01. The summed E-state index contributed by atoms with van der Waals surface area (Å²) in [6, 6.07) is 8.20. The van der Waals surface area contributed by atoms with Crippen LogP contribution in [0.1, 0.15) is 38.3 Å². The zero-order valence-electron chi connectivity index (χ0n) is 12.5. The van der Waals surface area contributed by atoms with E-state index >= 15 is 0 Å². The van der Waals surface area contributed by atoms with Crippen molar-refractivity contribution in [3.63, 3.8) is 0 Å². The summed E-state index contributed by atoms with van der Waals surface area (Å²) in [6.07, 6.45) is 1.82. The first-order chi connectivity index (χ1) is 9.61. The van der Waals surface area contributed by atoms with Gasteiger partial charge in [-0.15, -0.1) is 0 Å². The van der Waals surface area contributed by atoms with Crippen LogP contribution in [0.5, 0.6) is 5.75 Å². The lowest BCUT2D eigenvalue weighted by molar-refractivity contribution is -0.126. The Labute approximate surface area is 120 Å². The maximum Gasteiger partial charge on any atom is 0.223 e. The predicted molar refractivity (Wildman–Crippen MR) is 79.7 cm³/mol. The number of amides is 1. The number of piperidine rings is 1. The molecule has 0 aliphatic carbocycles. The lowest BCUT2D eigenvalue weighted by Gasteiger charge is -2.28. The minimum Gasteiger partial charge on any atom is -0.496 e. The van der Waals surface area contributed by atoms with Crippen LogP contribution < -0.4 is 15.4 Å². The van der Waals surface area contributed by atoms with Gasteiger partial charge in [0.1, 0.15) is 5.75 Å². The van der Waals surface area contributed by atoms with Gasteiger partial charge in [-0.3, -0.25) is 4.79 Å². The summed E-state index contributed by atoms with van der Waals surface area (Å²) in [7, 11) is 1.65. The molecule has 1 heterocycles. The molecule has 0 saturated carbocycles. The van der Waals surface area contributed by atoms with E-state index in [1.165, 1.54) is 0 Å². The molecule has 1 fully saturated rings. The largest absolute Gasteiger partial charge is 0.496 e. The van der Waals surface area contributed by atoms with Crippen molar-refractivity contribution < 1.29 is 9.53 Å². The second-order valence-electron chi connectivity index (χ2n) is 5.55. The Bertz CT molecular complexity index is 462. The number of rotatable bonds is 4. The fourth-order valence-electron chi connectivity index (χ4n) is 2.80. The molecule has 1 saturated heterocycles. The van der Waals surface area contributed by atoms with Crippen molar-refractivity contribution in [2.45, 2.75) is 38.8 Å². The molecule has 0 spiro atoms. The number of carbonyl (C=O) groups excluding carboxylic acids is 1. The maximum atomic E-state index is 12.3. The van der Waals surface area contributed by atoms with Crippen molar-refractivity contribution >= 4 is 5.91 Å². The topological polar surface area (TPSA) is 50.4 Å². The zero-order chi connectivity index (χ0) is 14.5. The van der Waals surface area contributed by atoms with Crippen LogP contribution in [0, 0.1) is 5.92 Å². The Hall–Kier alpha value is -1.55. The van der Waals surface area contributed by atoms with Crippen LogP contribution in [-0.2, 0) is 4.79 Å². The summed E-state index contributed by atoms with van der Waals surface area (Å²) < 4.78 is 5.35. The van der Waals surface area contributed by atoms with Crippen LogP contribution in [-0.4, -0.2) is 25.6 Å². The Morgan fingerprint density at radius 1 is 1.45 bits per heavy atom. The van der Waals surface area contributed by atoms with Gasteiger partial charge in [0, 0.05) is 17.5 Å². The second kappa shape index (κ2) is 6.75. The van der Waals surface area contributed by atoms with E-state index in [-0.39, 0.29) is 17.9 Å². The number of hydrogen-bond donors (Lipinski definition) is 2. The van der Waals surface area contributed by atoms with Gasteiger partial charge in [-0.2, -0.15) is 0 Å². The van der Waals surface area contributed by atoms with Crippen LogP contribution in [0.25, 0.3) is 0 Å². The van der Waals surface area contributed by atoms with Crippen molar-refractivity contribution in [3.05, 3.63) is 29.8 Å². The molecule has 4 nitrogen and oxygen atoms in total. The van der Waals surface area contributed by atoms with Gasteiger partial charge in [-0.1, -0.05) is 18.2 Å². The van der Waals surface area contributed by atoms with Crippen LogP contribution in [0.2, 0.25) is 0 Å². The Morgan fingerprint density at radius 3 is 2.90 bits per heavy atom. The minimum atomic E-state index is -0.0381. The molecule has 1 amide bonds. The van der Waals surface area contributed by atoms with Crippen LogP contribution in [0.4, 0.5) is 0 Å². The quantitative estimate of drug-likeness (QED) is 0.887. The minimum absolute atomic E-state index is 0.0381. The zero-order valence-corrected chi connectivity index (χ0v) is 12.5. The van der Waals surface area contributed by atoms with Gasteiger partial charge in [0.25, 0.3) is 0 Å². The number of methoxy groups -OCH3 is 1.